The monoisotopic (exact) mass is 279 g/mol. The third kappa shape index (κ3) is 3.00. The molecule has 1 aromatic carbocycles. The summed E-state index contributed by atoms with van der Waals surface area (Å²) >= 11 is 6.04. The summed E-state index contributed by atoms with van der Waals surface area (Å²) in [5.74, 6) is 1.81. The summed E-state index contributed by atoms with van der Waals surface area (Å²) in [5, 5.41) is 3.60. The van der Waals surface area contributed by atoms with Gasteiger partial charge in [0.05, 0.1) is 36.8 Å². The smallest absolute Gasteiger partial charge is 0.144 e. The van der Waals surface area contributed by atoms with Gasteiger partial charge in [0.25, 0.3) is 0 Å². The zero-order chi connectivity index (χ0) is 13.8. The lowest BCUT2D eigenvalue weighted by Gasteiger charge is -2.13. The van der Waals surface area contributed by atoms with Crippen LogP contribution in [0.2, 0.25) is 5.02 Å². The minimum atomic E-state index is 0.482. The summed E-state index contributed by atoms with van der Waals surface area (Å²) in [6.07, 6.45) is 1.57. The fourth-order valence-electron chi connectivity index (χ4n) is 1.58. The van der Waals surface area contributed by atoms with Crippen molar-refractivity contribution in [1.29, 1.82) is 0 Å². The molecule has 19 heavy (non-hydrogen) atoms. The van der Waals surface area contributed by atoms with E-state index in [1.165, 1.54) is 0 Å². The minimum Gasteiger partial charge on any atom is -0.495 e. The molecule has 0 amide bonds. The topological polar surface area (TPSA) is 69.4 Å². The molecule has 0 aliphatic carbocycles. The molecule has 0 aliphatic heterocycles. The predicted octanol–water partition coefficient (Wildman–Crippen LogP) is 3.08. The Balaban J connectivity index is 2.35. The molecule has 0 radical (unpaired) electrons. The summed E-state index contributed by atoms with van der Waals surface area (Å²) in [6.45, 7) is 0. The Kier molecular flexibility index (Phi) is 3.97. The van der Waals surface area contributed by atoms with Crippen LogP contribution in [0, 0.1) is 0 Å². The molecule has 0 saturated carbocycles. The van der Waals surface area contributed by atoms with Crippen molar-refractivity contribution in [2.45, 2.75) is 0 Å². The lowest BCUT2D eigenvalue weighted by molar-refractivity contribution is 0.405. The van der Waals surface area contributed by atoms with Gasteiger partial charge >= 0.3 is 0 Å². The Bertz CT molecular complexity index is 573. The van der Waals surface area contributed by atoms with Crippen LogP contribution < -0.4 is 20.5 Å². The van der Waals surface area contributed by atoms with Crippen LogP contribution >= 0.6 is 11.6 Å². The fourth-order valence-corrected chi connectivity index (χ4v) is 1.81. The lowest BCUT2D eigenvalue weighted by atomic mass is 10.2. The van der Waals surface area contributed by atoms with Crippen LogP contribution in [0.3, 0.4) is 0 Å². The lowest BCUT2D eigenvalue weighted by Crippen LogP contribution is -1.98. The molecule has 1 heterocycles. The number of nitrogen functional groups attached to an aromatic ring is 1. The van der Waals surface area contributed by atoms with Crippen LogP contribution in [0.15, 0.2) is 30.5 Å². The molecule has 0 unspecified atom stereocenters. The number of benzene rings is 1. The van der Waals surface area contributed by atoms with Crippen LogP contribution in [0.1, 0.15) is 0 Å². The first-order chi connectivity index (χ1) is 9.13. The quantitative estimate of drug-likeness (QED) is 0.900. The van der Waals surface area contributed by atoms with Crippen molar-refractivity contribution in [2.75, 3.05) is 25.3 Å². The number of pyridine rings is 1. The van der Waals surface area contributed by atoms with Gasteiger partial charge in [-0.3, -0.25) is 0 Å². The van der Waals surface area contributed by atoms with Crippen LogP contribution in [0.5, 0.6) is 11.5 Å². The molecule has 3 N–H and O–H groups in total. The molecule has 100 valence electrons. The number of halogens is 1. The highest BCUT2D eigenvalue weighted by molar-refractivity contribution is 6.32. The molecule has 2 aromatic rings. The number of nitrogens with two attached hydrogens (primary N) is 1. The van der Waals surface area contributed by atoms with Gasteiger partial charge in [0.15, 0.2) is 0 Å². The maximum atomic E-state index is 6.04. The Morgan fingerprint density at radius 1 is 1.16 bits per heavy atom. The van der Waals surface area contributed by atoms with Crippen molar-refractivity contribution in [3.63, 3.8) is 0 Å². The van der Waals surface area contributed by atoms with Gasteiger partial charge in [0.1, 0.15) is 17.3 Å². The highest BCUT2D eigenvalue weighted by atomic mass is 35.5. The highest BCUT2D eigenvalue weighted by Gasteiger charge is 2.10. The van der Waals surface area contributed by atoms with E-state index in [-0.39, 0.29) is 0 Å². The van der Waals surface area contributed by atoms with Gasteiger partial charge in [-0.15, -0.1) is 0 Å². The fraction of sp³-hybridized carbons (Fsp3) is 0.154. The molecule has 0 aliphatic rings. The maximum absolute atomic E-state index is 6.04. The SMILES string of the molecule is COc1cc(Nc2ccc(N)cn2)c(OC)cc1Cl. The van der Waals surface area contributed by atoms with E-state index in [0.29, 0.717) is 33.7 Å². The van der Waals surface area contributed by atoms with Crippen molar-refractivity contribution < 1.29 is 9.47 Å². The molecule has 0 saturated heterocycles. The summed E-state index contributed by atoms with van der Waals surface area (Å²) in [7, 11) is 3.12. The van der Waals surface area contributed by atoms with Crippen molar-refractivity contribution >= 4 is 28.8 Å². The third-order valence-electron chi connectivity index (χ3n) is 2.52. The average molecular weight is 280 g/mol. The number of hydrogen-bond acceptors (Lipinski definition) is 5. The van der Waals surface area contributed by atoms with E-state index >= 15 is 0 Å². The van der Waals surface area contributed by atoms with Crippen LogP contribution in [-0.2, 0) is 0 Å². The number of methoxy groups -OCH3 is 2. The summed E-state index contributed by atoms with van der Waals surface area (Å²) < 4.78 is 10.4. The van der Waals surface area contributed by atoms with E-state index in [1.807, 2.05) is 0 Å². The van der Waals surface area contributed by atoms with E-state index in [1.54, 1.807) is 44.7 Å². The first-order valence-electron chi connectivity index (χ1n) is 5.54. The molecular weight excluding hydrogens is 266 g/mol. The number of nitrogens with zero attached hydrogens (tertiary/aromatic N) is 1. The largest absolute Gasteiger partial charge is 0.495 e. The number of hydrogen-bond donors (Lipinski definition) is 2. The molecule has 0 bridgehead atoms. The van der Waals surface area contributed by atoms with Gasteiger partial charge in [-0.1, -0.05) is 11.6 Å². The zero-order valence-electron chi connectivity index (χ0n) is 10.6. The number of rotatable bonds is 4. The van der Waals surface area contributed by atoms with Crippen LogP contribution in [0.25, 0.3) is 0 Å². The first-order valence-corrected chi connectivity index (χ1v) is 5.92. The summed E-state index contributed by atoms with van der Waals surface area (Å²) in [6, 6.07) is 6.96. The number of anilines is 3. The molecular formula is C13H14ClN3O2. The molecule has 0 atom stereocenters. The Morgan fingerprint density at radius 3 is 2.47 bits per heavy atom. The summed E-state index contributed by atoms with van der Waals surface area (Å²) in [4.78, 5) is 4.16. The van der Waals surface area contributed by atoms with Crippen molar-refractivity contribution in [1.82, 2.24) is 4.98 Å². The minimum absolute atomic E-state index is 0.482. The molecule has 6 heteroatoms. The highest BCUT2D eigenvalue weighted by Crippen LogP contribution is 2.37. The molecule has 2 rings (SSSR count). The van der Waals surface area contributed by atoms with Crippen molar-refractivity contribution in [3.05, 3.63) is 35.5 Å². The Morgan fingerprint density at radius 2 is 1.89 bits per heavy atom. The van der Waals surface area contributed by atoms with Crippen LogP contribution in [-0.4, -0.2) is 19.2 Å². The molecule has 0 fully saturated rings. The van der Waals surface area contributed by atoms with Gasteiger partial charge in [-0.25, -0.2) is 4.98 Å². The van der Waals surface area contributed by atoms with E-state index in [9.17, 15) is 0 Å². The van der Waals surface area contributed by atoms with E-state index < -0.39 is 0 Å². The Labute approximate surface area is 116 Å². The second kappa shape index (κ2) is 5.67. The number of ether oxygens (including phenoxy) is 2. The Hall–Kier alpha value is -2.14. The zero-order valence-corrected chi connectivity index (χ0v) is 11.4. The van der Waals surface area contributed by atoms with E-state index in [4.69, 9.17) is 26.8 Å². The first kappa shape index (κ1) is 13.3. The van der Waals surface area contributed by atoms with Gasteiger partial charge in [-0.2, -0.15) is 0 Å². The van der Waals surface area contributed by atoms with Gasteiger partial charge in [0, 0.05) is 12.1 Å². The summed E-state index contributed by atoms with van der Waals surface area (Å²) in [5.41, 5.74) is 6.90. The third-order valence-corrected chi connectivity index (χ3v) is 2.82. The standard InChI is InChI=1S/C13H14ClN3O2/c1-18-11-6-10(12(19-2)5-9(11)14)17-13-4-3-8(15)7-16-13/h3-7H,15H2,1-2H3,(H,16,17). The van der Waals surface area contributed by atoms with E-state index in [0.717, 1.165) is 0 Å². The molecule has 0 spiro atoms. The number of aromatic nitrogens is 1. The van der Waals surface area contributed by atoms with Crippen molar-refractivity contribution in [2.24, 2.45) is 0 Å². The normalized spacial score (nSPS) is 10.1. The van der Waals surface area contributed by atoms with Gasteiger partial charge in [0.2, 0.25) is 0 Å². The predicted molar refractivity (Wildman–Crippen MR) is 76.5 cm³/mol. The molecule has 1 aromatic heterocycles. The van der Waals surface area contributed by atoms with Gasteiger partial charge < -0.3 is 20.5 Å². The van der Waals surface area contributed by atoms with Crippen molar-refractivity contribution in [3.8, 4) is 11.5 Å². The second-order valence-corrected chi connectivity index (χ2v) is 4.20. The average Bonchev–Trinajstić information content (AvgIpc) is 2.42. The van der Waals surface area contributed by atoms with Gasteiger partial charge in [-0.05, 0) is 12.1 Å². The number of nitrogens with one attached hydrogen (secondary N) is 1. The van der Waals surface area contributed by atoms with Crippen LogP contribution in [0.4, 0.5) is 17.2 Å². The second-order valence-electron chi connectivity index (χ2n) is 3.79. The maximum Gasteiger partial charge on any atom is 0.144 e. The van der Waals surface area contributed by atoms with E-state index in [2.05, 4.69) is 10.3 Å². The molecule has 5 nitrogen and oxygen atoms in total.